The van der Waals surface area contributed by atoms with E-state index < -0.39 is 36.3 Å². The van der Waals surface area contributed by atoms with E-state index in [0.29, 0.717) is 11.5 Å². The van der Waals surface area contributed by atoms with Crippen molar-refractivity contribution in [2.75, 3.05) is 13.4 Å². The van der Waals surface area contributed by atoms with Gasteiger partial charge in [-0.15, -0.1) is 0 Å². The van der Waals surface area contributed by atoms with Gasteiger partial charge in [-0.3, -0.25) is 19.3 Å². The Morgan fingerprint density at radius 2 is 1.53 bits per heavy atom. The number of carbonyl (C=O) groups excluding carboxylic acids is 4. The standard InChI is InChI=1S/C27H22N2O7/c30-24(28-14-18-10-11-22-23(13-18)36-16-35-22)15-34-27(33)21(12-17-6-2-1-3-7-17)29-25(31)19-8-4-5-9-20(19)26(29)32/h1-11,13,21H,12,14-16H2,(H,28,30). The molecule has 9 nitrogen and oxygen atoms in total. The zero-order valence-electron chi connectivity index (χ0n) is 19.1. The van der Waals surface area contributed by atoms with Gasteiger partial charge >= 0.3 is 5.97 Å². The molecule has 3 aromatic rings. The summed E-state index contributed by atoms with van der Waals surface area (Å²) in [4.78, 5) is 52.4. The van der Waals surface area contributed by atoms with Crippen molar-refractivity contribution in [3.8, 4) is 11.5 Å². The molecule has 1 N–H and O–H groups in total. The number of imide groups is 1. The van der Waals surface area contributed by atoms with Gasteiger partial charge in [0.05, 0.1) is 11.1 Å². The molecule has 36 heavy (non-hydrogen) atoms. The minimum absolute atomic E-state index is 0.0595. The number of fused-ring (bicyclic) bond motifs is 2. The largest absolute Gasteiger partial charge is 0.454 e. The van der Waals surface area contributed by atoms with Gasteiger partial charge in [0.15, 0.2) is 18.1 Å². The van der Waals surface area contributed by atoms with Crippen molar-refractivity contribution >= 4 is 23.7 Å². The van der Waals surface area contributed by atoms with Crippen molar-refractivity contribution in [1.29, 1.82) is 0 Å². The summed E-state index contributed by atoms with van der Waals surface area (Å²) < 4.78 is 15.9. The molecule has 0 aromatic heterocycles. The lowest BCUT2D eigenvalue weighted by Crippen LogP contribution is -2.47. The summed E-state index contributed by atoms with van der Waals surface area (Å²) >= 11 is 0. The fourth-order valence-electron chi connectivity index (χ4n) is 4.14. The minimum atomic E-state index is -1.22. The maximum Gasteiger partial charge on any atom is 0.330 e. The zero-order chi connectivity index (χ0) is 25.1. The Balaban J connectivity index is 1.25. The fraction of sp³-hybridized carbons (Fsp3) is 0.185. The SMILES string of the molecule is O=C(COC(=O)C(Cc1ccccc1)N1C(=O)c2ccccc2C1=O)NCc1ccc2c(c1)OCO2. The third-order valence-corrected chi connectivity index (χ3v) is 5.95. The Bertz CT molecular complexity index is 1300. The van der Waals surface area contributed by atoms with Crippen LogP contribution in [0.25, 0.3) is 0 Å². The van der Waals surface area contributed by atoms with Crippen LogP contribution in [-0.2, 0) is 27.3 Å². The van der Waals surface area contributed by atoms with Crippen LogP contribution in [0.5, 0.6) is 11.5 Å². The lowest BCUT2D eigenvalue weighted by molar-refractivity contribution is -0.152. The van der Waals surface area contributed by atoms with Crippen molar-refractivity contribution in [3.05, 3.63) is 95.1 Å². The molecule has 2 aliphatic heterocycles. The summed E-state index contributed by atoms with van der Waals surface area (Å²) in [5.74, 6) is -1.27. The molecule has 0 saturated carbocycles. The van der Waals surface area contributed by atoms with Gasteiger partial charge < -0.3 is 19.5 Å². The van der Waals surface area contributed by atoms with Crippen molar-refractivity contribution < 1.29 is 33.4 Å². The summed E-state index contributed by atoms with van der Waals surface area (Å²) in [6.45, 7) is -0.213. The maximum atomic E-state index is 13.1. The maximum absolute atomic E-state index is 13.1. The number of carbonyl (C=O) groups is 4. The topological polar surface area (TPSA) is 111 Å². The highest BCUT2D eigenvalue weighted by Gasteiger charge is 2.43. The van der Waals surface area contributed by atoms with Crippen LogP contribution in [0.2, 0.25) is 0 Å². The fourth-order valence-corrected chi connectivity index (χ4v) is 4.14. The number of nitrogens with one attached hydrogen (secondary N) is 1. The molecule has 0 saturated heterocycles. The number of benzene rings is 3. The Kier molecular flexibility index (Phi) is 6.36. The summed E-state index contributed by atoms with van der Waals surface area (Å²) in [7, 11) is 0. The molecule has 2 heterocycles. The van der Waals surface area contributed by atoms with E-state index in [-0.39, 0.29) is 30.9 Å². The quantitative estimate of drug-likeness (QED) is 0.385. The monoisotopic (exact) mass is 486 g/mol. The molecule has 9 heteroatoms. The Morgan fingerprint density at radius 1 is 0.861 bits per heavy atom. The highest BCUT2D eigenvalue weighted by Crippen LogP contribution is 2.32. The normalized spacial score (nSPS) is 14.4. The number of hydrogen-bond donors (Lipinski definition) is 1. The molecule has 182 valence electrons. The second-order valence-electron chi connectivity index (χ2n) is 8.30. The summed E-state index contributed by atoms with van der Waals surface area (Å²) in [6.07, 6.45) is 0.0595. The predicted molar refractivity (Wildman–Crippen MR) is 126 cm³/mol. The van der Waals surface area contributed by atoms with Crippen molar-refractivity contribution in [1.82, 2.24) is 10.2 Å². The first kappa shape index (κ1) is 23.1. The van der Waals surface area contributed by atoms with Crippen LogP contribution in [0.3, 0.4) is 0 Å². The first-order valence-electron chi connectivity index (χ1n) is 11.3. The molecular formula is C27H22N2O7. The van der Waals surface area contributed by atoms with Gasteiger partial charge in [-0.05, 0) is 35.4 Å². The van der Waals surface area contributed by atoms with E-state index in [9.17, 15) is 19.2 Å². The number of hydrogen-bond acceptors (Lipinski definition) is 7. The lowest BCUT2D eigenvalue weighted by atomic mass is 10.0. The van der Waals surface area contributed by atoms with Crippen LogP contribution < -0.4 is 14.8 Å². The molecule has 0 aliphatic carbocycles. The van der Waals surface area contributed by atoms with Crippen molar-refractivity contribution in [3.63, 3.8) is 0 Å². The smallest absolute Gasteiger partial charge is 0.330 e. The Labute approximate surface area is 206 Å². The van der Waals surface area contributed by atoms with Gasteiger partial charge in [0, 0.05) is 13.0 Å². The number of amides is 3. The zero-order valence-corrected chi connectivity index (χ0v) is 19.1. The molecule has 5 rings (SSSR count). The molecule has 0 radical (unpaired) electrons. The van der Waals surface area contributed by atoms with Gasteiger partial charge in [-0.1, -0.05) is 48.5 Å². The number of esters is 1. The van der Waals surface area contributed by atoms with Crippen LogP contribution in [0, 0.1) is 0 Å². The number of rotatable bonds is 8. The van der Waals surface area contributed by atoms with Gasteiger partial charge in [-0.25, -0.2) is 4.79 Å². The minimum Gasteiger partial charge on any atom is -0.454 e. The third-order valence-electron chi connectivity index (χ3n) is 5.95. The highest BCUT2D eigenvalue weighted by molar-refractivity contribution is 6.22. The molecule has 3 amide bonds. The van der Waals surface area contributed by atoms with E-state index in [1.54, 1.807) is 66.7 Å². The number of ether oxygens (including phenoxy) is 3. The average Bonchev–Trinajstić information content (AvgIpc) is 3.47. The van der Waals surface area contributed by atoms with Gasteiger partial charge in [0.2, 0.25) is 6.79 Å². The van der Waals surface area contributed by atoms with Crippen LogP contribution in [0.1, 0.15) is 31.8 Å². The number of nitrogens with zero attached hydrogens (tertiary/aromatic N) is 1. The van der Waals surface area contributed by atoms with E-state index in [1.807, 2.05) is 6.07 Å². The molecule has 3 aromatic carbocycles. The van der Waals surface area contributed by atoms with Crippen molar-refractivity contribution in [2.45, 2.75) is 19.0 Å². The van der Waals surface area contributed by atoms with E-state index in [2.05, 4.69) is 5.32 Å². The second kappa shape index (κ2) is 9.91. The van der Waals surface area contributed by atoms with E-state index in [0.717, 1.165) is 16.0 Å². The molecular weight excluding hydrogens is 464 g/mol. The lowest BCUT2D eigenvalue weighted by Gasteiger charge is -2.24. The summed E-state index contributed by atoms with van der Waals surface area (Å²) in [5.41, 5.74) is 1.99. The third kappa shape index (κ3) is 4.63. The van der Waals surface area contributed by atoms with E-state index in [1.165, 1.54) is 0 Å². The highest BCUT2D eigenvalue weighted by atomic mass is 16.7. The molecule has 1 unspecified atom stereocenters. The first-order chi connectivity index (χ1) is 17.5. The van der Waals surface area contributed by atoms with Crippen LogP contribution >= 0.6 is 0 Å². The molecule has 2 aliphatic rings. The summed E-state index contributed by atoms with van der Waals surface area (Å²) in [6, 6.07) is 19.5. The average molecular weight is 486 g/mol. The molecule has 1 atom stereocenters. The van der Waals surface area contributed by atoms with Crippen LogP contribution in [0.15, 0.2) is 72.8 Å². The first-order valence-corrected chi connectivity index (χ1v) is 11.3. The second-order valence-corrected chi connectivity index (χ2v) is 8.30. The van der Waals surface area contributed by atoms with Gasteiger partial charge in [-0.2, -0.15) is 0 Å². The van der Waals surface area contributed by atoms with Gasteiger partial charge in [0.25, 0.3) is 17.7 Å². The molecule has 0 bridgehead atoms. The van der Waals surface area contributed by atoms with E-state index in [4.69, 9.17) is 14.2 Å². The van der Waals surface area contributed by atoms with Crippen LogP contribution in [-0.4, -0.2) is 48.0 Å². The van der Waals surface area contributed by atoms with Gasteiger partial charge in [0.1, 0.15) is 6.04 Å². The Hall–Kier alpha value is -4.66. The molecule has 0 spiro atoms. The van der Waals surface area contributed by atoms with E-state index >= 15 is 0 Å². The van der Waals surface area contributed by atoms with Crippen molar-refractivity contribution in [2.24, 2.45) is 0 Å². The summed E-state index contributed by atoms with van der Waals surface area (Å²) in [5, 5.41) is 2.68. The molecule has 0 fully saturated rings. The van der Waals surface area contributed by atoms with Crippen LogP contribution in [0.4, 0.5) is 0 Å². The predicted octanol–water partition coefficient (Wildman–Crippen LogP) is 2.48. The Morgan fingerprint density at radius 3 is 2.25 bits per heavy atom.